The van der Waals surface area contributed by atoms with Crippen LogP contribution in [0.15, 0.2) is 0 Å². The first-order valence-electron chi connectivity index (χ1n) is 6.94. The zero-order valence-corrected chi connectivity index (χ0v) is 11.8. The molecule has 100 valence electrons. The number of amides is 1. The maximum Gasteiger partial charge on any atom is 0.278 e. The SMILES string of the molecule is C[C@@H]1CCC[C@@H](C)N1C(=O)C[NH2+]CC[NH+](C)C. The number of nitrogens with one attached hydrogen (secondary N) is 1. The second-order valence-electron chi connectivity index (χ2n) is 5.67. The molecular formula is C13H29N3O+2. The van der Waals surface area contributed by atoms with Crippen LogP contribution >= 0.6 is 0 Å². The summed E-state index contributed by atoms with van der Waals surface area (Å²) in [4.78, 5) is 15.7. The van der Waals surface area contributed by atoms with E-state index in [0.717, 1.165) is 25.9 Å². The fraction of sp³-hybridized carbons (Fsp3) is 0.923. The number of piperidine rings is 1. The number of likely N-dealkylation sites (N-methyl/N-ethyl adjacent to an activating group) is 1. The first-order chi connectivity index (χ1) is 8.02. The van der Waals surface area contributed by atoms with Crippen molar-refractivity contribution in [3.05, 3.63) is 0 Å². The molecule has 0 aliphatic carbocycles. The molecule has 4 nitrogen and oxygen atoms in total. The van der Waals surface area contributed by atoms with Gasteiger partial charge in [-0.05, 0) is 33.1 Å². The second-order valence-corrected chi connectivity index (χ2v) is 5.67. The smallest absolute Gasteiger partial charge is 0.278 e. The number of carbonyl (C=O) groups is 1. The van der Waals surface area contributed by atoms with Crippen molar-refractivity contribution in [2.75, 3.05) is 33.7 Å². The Labute approximate surface area is 105 Å². The molecule has 0 bridgehead atoms. The van der Waals surface area contributed by atoms with Gasteiger partial charge in [-0.3, -0.25) is 4.79 Å². The zero-order chi connectivity index (χ0) is 12.8. The molecule has 3 N–H and O–H groups in total. The summed E-state index contributed by atoms with van der Waals surface area (Å²) in [6.45, 7) is 7.11. The van der Waals surface area contributed by atoms with Gasteiger partial charge in [0.2, 0.25) is 0 Å². The van der Waals surface area contributed by atoms with Gasteiger partial charge in [-0.15, -0.1) is 0 Å². The Balaban J connectivity index is 2.30. The molecule has 0 spiro atoms. The highest BCUT2D eigenvalue weighted by Gasteiger charge is 2.29. The Morgan fingerprint density at radius 3 is 2.41 bits per heavy atom. The summed E-state index contributed by atoms with van der Waals surface area (Å²) in [6, 6.07) is 0.859. The molecule has 1 fully saturated rings. The van der Waals surface area contributed by atoms with Crippen LogP contribution in [-0.4, -0.2) is 56.6 Å². The van der Waals surface area contributed by atoms with Gasteiger partial charge in [-0.1, -0.05) is 0 Å². The van der Waals surface area contributed by atoms with Gasteiger partial charge in [-0.2, -0.15) is 0 Å². The molecule has 17 heavy (non-hydrogen) atoms. The highest BCUT2D eigenvalue weighted by molar-refractivity contribution is 5.77. The third-order valence-corrected chi connectivity index (χ3v) is 3.65. The highest BCUT2D eigenvalue weighted by Crippen LogP contribution is 2.21. The lowest BCUT2D eigenvalue weighted by atomic mass is 9.97. The highest BCUT2D eigenvalue weighted by atomic mass is 16.2. The van der Waals surface area contributed by atoms with E-state index >= 15 is 0 Å². The third kappa shape index (κ3) is 4.64. The van der Waals surface area contributed by atoms with Crippen molar-refractivity contribution in [3.8, 4) is 0 Å². The first-order valence-corrected chi connectivity index (χ1v) is 6.94. The van der Waals surface area contributed by atoms with Gasteiger partial charge in [0.15, 0.2) is 6.54 Å². The quantitative estimate of drug-likeness (QED) is 0.566. The van der Waals surface area contributed by atoms with Crippen LogP contribution in [0.2, 0.25) is 0 Å². The number of hydrogen-bond donors (Lipinski definition) is 2. The summed E-state index contributed by atoms with van der Waals surface area (Å²) in [5.74, 6) is 0.318. The summed E-state index contributed by atoms with van der Waals surface area (Å²) >= 11 is 0. The Hall–Kier alpha value is -0.610. The summed E-state index contributed by atoms with van der Waals surface area (Å²) in [5.41, 5.74) is 0. The maximum atomic E-state index is 12.2. The number of carbonyl (C=O) groups excluding carboxylic acids is 1. The van der Waals surface area contributed by atoms with E-state index in [1.54, 1.807) is 0 Å². The van der Waals surface area contributed by atoms with E-state index in [0.29, 0.717) is 24.5 Å². The topological polar surface area (TPSA) is 41.4 Å². The lowest BCUT2D eigenvalue weighted by molar-refractivity contribution is -0.873. The van der Waals surface area contributed by atoms with Crippen molar-refractivity contribution in [1.82, 2.24) is 4.90 Å². The molecule has 1 amide bonds. The van der Waals surface area contributed by atoms with Crippen molar-refractivity contribution in [1.29, 1.82) is 0 Å². The van der Waals surface area contributed by atoms with Crippen LogP contribution in [0, 0.1) is 0 Å². The molecule has 0 unspecified atom stereocenters. The van der Waals surface area contributed by atoms with Crippen LogP contribution in [0.4, 0.5) is 0 Å². The predicted octanol–water partition coefficient (Wildman–Crippen LogP) is -1.52. The summed E-state index contributed by atoms with van der Waals surface area (Å²) in [6.07, 6.45) is 3.59. The third-order valence-electron chi connectivity index (χ3n) is 3.65. The van der Waals surface area contributed by atoms with Gasteiger partial charge in [0.1, 0.15) is 13.1 Å². The minimum atomic E-state index is 0.318. The maximum absolute atomic E-state index is 12.2. The van der Waals surface area contributed by atoms with Gasteiger partial charge in [0, 0.05) is 12.1 Å². The summed E-state index contributed by atoms with van der Waals surface area (Å²) in [5, 5.41) is 2.14. The molecule has 1 saturated heterocycles. The Morgan fingerprint density at radius 2 is 1.88 bits per heavy atom. The van der Waals surface area contributed by atoms with Crippen molar-refractivity contribution in [2.45, 2.75) is 45.2 Å². The van der Waals surface area contributed by atoms with E-state index in [2.05, 4.69) is 38.2 Å². The zero-order valence-electron chi connectivity index (χ0n) is 11.8. The molecule has 2 atom stereocenters. The number of likely N-dealkylation sites (tertiary alicyclic amines) is 1. The standard InChI is InChI=1S/C13H27N3O/c1-11-6-5-7-12(2)16(11)13(17)10-14-8-9-15(3)4/h11-12,14H,5-10H2,1-4H3/p+2/t11-,12-/m1/s1. The summed E-state index contributed by atoms with van der Waals surface area (Å²) < 4.78 is 0. The average Bonchev–Trinajstić information content (AvgIpc) is 2.24. The van der Waals surface area contributed by atoms with Crippen molar-refractivity contribution < 1.29 is 15.0 Å². The lowest BCUT2D eigenvalue weighted by Gasteiger charge is -2.38. The Kier molecular flexibility index (Phi) is 5.92. The average molecular weight is 243 g/mol. The number of nitrogens with two attached hydrogens (primary N) is 1. The fourth-order valence-electron chi connectivity index (χ4n) is 2.63. The molecule has 0 aromatic carbocycles. The van der Waals surface area contributed by atoms with E-state index in [-0.39, 0.29) is 0 Å². The number of quaternary nitrogens is 2. The van der Waals surface area contributed by atoms with Crippen LogP contribution in [0.25, 0.3) is 0 Å². The molecule has 1 heterocycles. The van der Waals surface area contributed by atoms with Crippen molar-refractivity contribution >= 4 is 5.91 Å². The molecule has 4 heteroatoms. The predicted molar refractivity (Wildman–Crippen MR) is 69.0 cm³/mol. The molecule has 0 aromatic rings. The van der Waals surface area contributed by atoms with Gasteiger partial charge >= 0.3 is 0 Å². The molecular weight excluding hydrogens is 214 g/mol. The van der Waals surface area contributed by atoms with Crippen molar-refractivity contribution in [3.63, 3.8) is 0 Å². The van der Waals surface area contributed by atoms with Crippen molar-refractivity contribution in [2.24, 2.45) is 0 Å². The summed E-state index contributed by atoms with van der Waals surface area (Å²) in [7, 11) is 4.29. The molecule has 0 saturated carbocycles. The van der Waals surface area contributed by atoms with Gasteiger partial charge in [0.05, 0.1) is 14.1 Å². The molecule has 1 aliphatic rings. The molecule has 0 aromatic heterocycles. The van der Waals surface area contributed by atoms with E-state index in [1.165, 1.54) is 11.3 Å². The van der Waals surface area contributed by atoms with Crippen LogP contribution in [0.5, 0.6) is 0 Å². The number of rotatable bonds is 5. The lowest BCUT2D eigenvalue weighted by Crippen LogP contribution is -3.09. The number of hydrogen-bond acceptors (Lipinski definition) is 1. The van der Waals surface area contributed by atoms with Crippen LogP contribution in [0.1, 0.15) is 33.1 Å². The van der Waals surface area contributed by atoms with Gasteiger partial charge in [-0.25, -0.2) is 0 Å². The molecule has 1 rings (SSSR count). The van der Waals surface area contributed by atoms with E-state index < -0.39 is 0 Å². The van der Waals surface area contributed by atoms with Crippen LogP contribution in [0.3, 0.4) is 0 Å². The van der Waals surface area contributed by atoms with E-state index in [9.17, 15) is 4.79 Å². The van der Waals surface area contributed by atoms with E-state index in [1.807, 2.05) is 0 Å². The van der Waals surface area contributed by atoms with Crippen LogP contribution in [-0.2, 0) is 4.79 Å². The fourth-order valence-corrected chi connectivity index (χ4v) is 2.63. The number of nitrogens with zero attached hydrogens (tertiary/aromatic N) is 1. The Bertz CT molecular complexity index is 233. The van der Waals surface area contributed by atoms with Gasteiger partial charge < -0.3 is 15.1 Å². The van der Waals surface area contributed by atoms with E-state index in [4.69, 9.17) is 0 Å². The second kappa shape index (κ2) is 6.97. The largest absolute Gasteiger partial charge is 0.335 e. The van der Waals surface area contributed by atoms with Gasteiger partial charge in [0.25, 0.3) is 5.91 Å². The minimum absolute atomic E-state index is 0.318. The Morgan fingerprint density at radius 1 is 1.29 bits per heavy atom. The monoisotopic (exact) mass is 243 g/mol. The molecule has 1 aliphatic heterocycles. The minimum Gasteiger partial charge on any atom is -0.335 e. The van der Waals surface area contributed by atoms with Crippen LogP contribution < -0.4 is 10.2 Å². The molecule has 0 radical (unpaired) electrons. The normalized spacial score (nSPS) is 25.4. The first kappa shape index (κ1) is 14.5.